The third-order valence-electron chi connectivity index (χ3n) is 3.59. The van der Waals surface area contributed by atoms with Crippen LogP contribution in [-0.4, -0.2) is 24.2 Å². The van der Waals surface area contributed by atoms with Crippen LogP contribution in [0.5, 0.6) is 0 Å². The summed E-state index contributed by atoms with van der Waals surface area (Å²) in [5, 5.41) is 14.1. The number of hydrogen-bond acceptors (Lipinski definition) is 4. The molecule has 0 saturated carbocycles. The van der Waals surface area contributed by atoms with Gasteiger partial charge in [-0.3, -0.25) is 10.1 Å². The Morgan fingerprint density at radius 3 is 2.75 bits per heavy atom. The molecule has 1 heterocycles. The number of anilines is 1. The molecule has 1 unspecified atom stereocenters. The lowest BCUT2D eigenvalue weighted by Crippen LogP contribution is -2.31. The molecule has 20 heavy (non-hydrogen) atoms. The van der Waals surface area contributed by atoms with Gasteiger partial charge in [0.25, 0.3) is 5.69 Å². The molecule has 1 aromatic carbocycles. The van der Waals surface area contributed by atoms with E-state index in [4.69, 9.17) is 4.74 Å². The van der Waals surface area contributed by atoms with Crippen LogP contribution in [-0.2, 0) is 4.74 Å². The summed E-state index contributed by atoms with van der Waals surface area (Å²) in [6.45, 7) is 3.36. The number of halogens is 2. The molecule has 110 valence electrons. The molecule has 0 aromatic heterocycles. The summed E-state index contributed by atoms with van der Waals surface area (Å²) in [6, 6.07) is 2.38. The van der Waals surface area contributed by atoms with Gasteiger partial charge in [-0.25, -0.2) is 4.39 Å². The zero-order chi connectivity index (χ0) is 14.7. The van der Waals surface area contributed by atoms with Crippen LogP contribution in [0.3, 0.4) is 0 Å². The van der Waals surface area contributed by atoms with Crippen molar-refractivity contribution >= 4 is 27.3 Å². The summed E-state index contributed by atoms with van der Waals surface area (Å²) in [5.41, 5.74) is 0.0897. The van der Waals surface area contributed by atoms with Crippen molar-refractivity contribution in [3.8, 4) is 0 Å². The first kappa shape index (κ1) is 15.2. The Bertz CT molecular complexity index is 507. The lowest BCUT2D eigenvalue weighted by Gasteiger charge is -2.29. The van der Waals surface area contributed by atoms with Crippen molar-refractivity contribution in [3.63, 3.8) is 0 Å². The Hall–Kier alpha value is -1.21. The van der Waals surface area contributed by atoms with Crippen molar-refractivity contribution in [2.45, 2.75) is 25.8 Å². The molecular weight excluding hydrogens is 331 g/mol. The maximum absolute atomic E-state index is 13.6. The van der Waals surface area contributed by atoms with Crippen molar-refractivity contribution < 1.29 is 14.1 Å². The van der Waals surface area contributed by atoms with Crippen molar-refractivity contribution in [1.29, 1.82) is 0 Å². The molecule has 1 aliphatic heterocycles. The molecule has 1 atom stereocenters. The van der Waals surface area contributed by atoms with Crippen LogP contribution in [0.25, 0.3) is 0 Å². The quantitative estimate of drug-likeness (QED) is 0.666. The minimum Gasteiger partial charge on any atom is -0.381 e. The van der Waals surface area contributed by atoms with Crippen LogP contribution in [0.15, 0.2) is 16.6 Å². The maximum Gasteiger partial charge on any atom is 0.293 e. The highest BCUT2D eigenvalue weighted by molar-refractivity contribution is 9.10. The molecule has 7 heteroatoms. The van der Waals surface area contributed by atoms with Crippen molar-refractivity contribution in [3.05, 3.63) is 32.5 Å². The summed E-state index contributed by atoms with van der Waals surface area (Å²) in [4.78, 5) is 10.5. The fraction of sp³-hybridized carbons (Fsp3) is 0.538. The Labute approximate surface area is 124 Å². The largest absolute Gasteiger partial charge is 0.381 e. The van der Waals surface area contributed by atoms with Gasteiger partial charge < -0.3 is 10.1 Å². The molecule has 0 spiro atoms. The van der Waals surface area contributed by atoms with Crippen LogP contribution >= 0.6 is 15.9 Å². The van der Waals surface area contributed by atoms with Crippen LogP contribution in [0.4, 0.5) is 15.8 Å². The first-order valence-electron chi connectivity index (χ1n) is 6.46. The van der Waals surface area contributed by atoms with E-state index in [1.165, 1.54) is 6.07 Å². The van der Waals surface area contributed by atoms with Crippen molar-refractivity contribution in [2.24, 2.45) is 5.92 Å². The minimum atomic E-state index is -0.516. The van der Waals surface area contributed by atoms with Gasteiger partial charge in [-0.2, -0.15) is 0 Å². The normalized spacial score (nSPS) is 17.8. The van der Waals surface area contributed by atoms with E-state index in [2.05, 4.69) is 21.2 Å². The first-order chi connectivity index (χ1) is 9.49. The van der Waals surface area contributed by atoms with E-state index in [9.17, 15) is 14.5 Å². The minimum absolute atomic E-state index is 0.0261. The van der Waals surface area contributed by atoms with Gasteiger partial charge in [0, 0.05) is 31.4 Å². The molecule has 1 N–H and O–H groups in total. The van der Waals surface area contributed by atoms with Crippen LogP contribution in [0, 0.1) is 21.8 Å². The van der Waals surface area contributed by atoms with Crippen LogP contribution in [0.2, 0.25) is 0 Å². The number of nitrogens with one attached hydrogen (secondary N) is 1. The molecule has 5 nitrogen and oxygen atoms in total. The lowest BCUT2D eigenvalue weighted by molar-refractivity contribution is -0.384. The van der Waals surface area contributed by atoms with E-state index >= 15 is 0 Å². The average Bonchev–Trinajstić information content (AvgIpc) is 2.43. The molecule has 1 aromatic rings. The van der Waals surface area contributed by atoms with Gasteiger partial charge in [0.15, 0.2) is 0 Å². The topological polar surface area (TPSA) is 64.4 Å². The number of rotatable bonds is 4. The van der Waals surface area contributed by atoms with E-state index in [1.54, 1.807) is 0 Å². The number of hydrogen-bond donors (Lipinski definition) is 1. The monoisotopic (exact) mass is 346 g/mol. The standard InChI is InChI=1S/C13H16BrFN2O3/c1-8(9-2-4-20-5-3-9)16-12-7-11(15)10(14)6-13(12)17(18)19/h6-9,16H,2-5H2,1H3. The number of nitro benzene ring substituents is 1. The summed E-state index contributed by atoms with van der Waals surface area (Å²) in [6.07, 6.45) is 1.81. The summed E-state index contributed by atoms with van der Waals surface area (Å²) in [5.74, 6) is -0.146. The van der Waals surface area contributed by atoms with Gasteiger partial charge in [0.2, 0.25) is 0 Å². The van der Waals surface area contributed by atoms with E-state index in [1.807, 2.05) is 6.92 Å². The van der Waals surface area contributed by atoms with Gasteiger partial charge in [-0.15, -0.1) is 0 Å². The number of nitrogens with zero attached hydrogens (tertiary/aromatic N) is 1. The molecule has 1 saturated heterocycles. The van der Waals surface area contributed by atoms with E-state index in [0.717, 1.165) is 18.9 Å². The predicted molar refractivity (Wildman–Crippen MR) is 77.4 cm³/mol. The Balaban J connectivity index is 2.19. The van der Waals surface area contributed by atoms with Gasteiger partial charge in [0.05, 0.1) is 9.40 Å². The second-order valence-corrected chi connectivity index (χ2v) is 5.78. The lowest BCUT2D eigenvalue weighted by atomic mass is 9.93. The molecule has 0 amide bonds. The third kappa shape index (κ3) is 3.46. The molecule has 1 aliphatic rings. The highest BCUT2D eigenvalue weighted by atomic mass is 79.9. The van der Waals surface area contributed by atoms with Gasteiger partial charge in [-0.05, 0) is 41.6 Å². The Kier molecular flexibility index (Phi) is 4.93. The Morgan fingerprint density at radius 2 is 2.15 bits per heavy atom. The van der Waals surface area contributed by atoms with E-state index < -0.39 is 10.7 Å². The third-order valence-corrected chi connectivity index (χ3v) is 4.20. The smallest absolute Gasteiger partial charge is 0.293 e. The van der Waals surface area contributed by atoms with Crippen LogP contribution < -0.4 is 5.32 Å². The summed E-state index contributed by atoms with van der Waals surface area (Å²) < 4.78 is 19.0. The fourth-order valence-electron chi connectivity index (χ4n) is 2.38. The van der Waals surface area contributed by atoms with Gasteiger partial charge in [0.1, 0.15) is 11.5 Å². The van der Waals surface area contributed by atoms with E-state index in [0.29, 0.717) is 19.1 Å². The maximum atomic E-state index is 13.6. The molecule has 0 bridgehead atoms. The zero-order valence-corrected chi connectivity index (χ0v) is 12.7. The van der Waals surface area contributed by atoms with Gasteiger partial charge >= 0.3 is 0 Å². The van der Waals surface area contributed by atoms with Gasteiger partial charge in [-0.1, -0.05) is 0 Å². The number of nitro groups is 1. The van der Waals surface area contributed by atoms with Crippen molar-refractivity contribution in [2.75, 3.05) is 18.5 Å². The second-order valence-electron chi connectivity index (χ2n) is 4.92. The van der Waals surface area contributed by atoms with Crippen LogP contribution in [0.1, 0.15) is 19.8 Å². The fourth-order valence-corrected chi connectivity index (χ4v) is 2.71. The molecule has 0 aliphatic carbocycles. The second kappa shape index (κ2) is 6.49. The predicted octanol–water partition coefficient (Wildman–Crippen LogP) is 3.72. The molecule has 0 radical (unpaired) electrons. The summed E-state index contributed by atoms with van der Waals surface area (Å²) in [7, 11) is 0. The average molecular weight is 347 g/mol. The summed E-state index contributed by atoms with van der Waals surface area (Å²) >= 11 is 2.97. The molecule has 1 fully saturated rings. The molecule has 2 rings (SSSR count). The van der Waals surface area contributed by atoms with Crippen molar-refractivity contribution in [1.82, 2.24) is 0 Å². The number of ether oxygens (including phenoxy) is 1. The zero-order valence-electron chi connectivity index (χ0n) is 11.1. The highest BCUT2D eigenvalue weighted by Gasteiger charge is 2.24. The highest BCUT2D eigenvalue weighted by Crippen LogP contribution is 2.32. The Morgan fingerprint density at radius 1 is 1.50 bits per heavy atom. The van der Waals surface area contributed by atoms with E-state index in [-0.39, 0.29) is 21.9 Å². The number of benzene rings is 1. The molecular formula is C13H16BrFN2O3. The SMILES string of the molecule is CC(Nc1cc(F)c(Br)cc1[N+](=O)[O-])C1CCOCC1. The first-order valence-corrected chi connectivity index (χ1v) is 7.26.